The van der Waals surface area contributed by atoms with Gasteiger partial charge in [0.2, 0.25) is 15.9 Å². The third kappa shape index (κ3) is 5.30. The number of benzene rings is 2. The minimum atomic E-state index is -3.74. The number of carbonyl (C=O) groups excluding carboxylic acids is 2. The Morgan fingerprint density at radius 1 is 1.09 bits per heavy atom. The summed E-state index contributed by atoms with van der Waals surface area (Å²) < 4.78 is 34.0. The standard InChI is InChI=1S/C22H24N6O5S/c1-16-2-7-19(34(31,32)27-8-10-33-11-9-27)12-20(16)22(30)24-13-21(29)26-17-3-5-18(6-4-17)28-15-23-14-25-28/h2-7,12,14-15H,8-11,13H2,1H3,(H,24,30)(H,26,29). The summed E-state index contributed by atoms with van der Waals surface area (Å²) in [7, 11) is -3.74. The molecule has 4 rings (SSSR count). The fourth-order valence-electron chi connectivity index (χ4n) is 3.44. The van der Waals surface area contributed by atoms with Crippen molar-refractivity contribution in [3.63, 3.8) is 0 Å². The fourth-order valence-corrected chi connectivity index (χ4v) is 4.88. The second kappa shape index (κ2) is 10.1. The molecule has 1 aromatic heterocycles. The number of aryl methyl sites for hydroxylation is 1. The molecule has 3 aromatic rings. The lowest BCUT2D eigenvalue weighted by molar-refractivity contribution is -0.115. The first kappa shape index (κ1) is 23.5. The molecule has 0 saturated carbocycles. The summed E-state index contributed by atoms with van der Waals surface area (Å²) in [5, 5.41) is 9.29. The molecule has 0 aliphatic carbocycles. The Morgan fingerprint density at radius 2 is 1.82 bits per heavy atom. The summed E-state index contributed by atoms with van der Waals surface area (Å²) in [5.74, 6) is -0.954. The van der Waals surface area contributed by atoms with Crippen LogP contribution in [-0.2, 0) is 19.6 Å². The second-order valence-electron chi connectivity index (χ2n) is 7.61. The third-order valence-electron chi connectivity index (χ3n) is 5.31. The molecular formula is C22H24N6O5S. The van der Waals surface area contributed by atoms with Crippen molar-refractivity contribution in [2.24, 2.45) is 0 Å². The number of sulfonamides is 1. The predicted molar refractivity (Wildman–Crippen MR) is 123 cm³/mol. The first-order valence-electron chi connectivity index (χ1n) is 10.6. The predicted octanol–water partition coefficient (Wildman–Crippen LogP) is 0.965. The van der Waals surface area contributed by atoms with Crippen molar-refractivity contribution in [3.05, 3.63) is 66.2 Å². The number of anilines is 1. The number of nitrogens with zero attached hydrogens (tertiary/aromatic N) is 4. The molecule has 1 saturated heterocycles. The molecule has 0 atom stereocenters. The van der Waals surface area contributed by atoms with Crippen LogP contribution in [0.25, 0.3) is 5.69 Å². The second-order valence-corrected chi connectivity index (χ2v) is 9.55. The first-order valence-corrected chi connectivity index (χ1v) is 12.0. The van der Waals surface area contributed by atoms with Crippen LogP contribution in [-0.4, -0.2) is 72.1 Å². The summed E-state index contributed by atoms with van der Waals surface area (Å²) in [5.41, 5.74) is 2.13. The van der Waals surface area contributed by atoms with E-state index < -0.39 is 21.8 Å². The topological polar surface area (TPSA) is 136 Å². The van der Waals surface area contributed by atoms with Gasteiger partial charge in [0, 0.05) is 24.3 Å². The number of hydrogen-bond acceptors (Lipinski definition) is 7. The van der Waals surface area contributed by atoms with Crippen molar-refractivity contribution in [1.82, 2.24) is 24.4 Å². The molecule has 178 valence electrons. The monoisotopic (exact) mass is 484 g/mol. The number of hydrogen-bond donors (Lipinski definition) is 2. The molecular weight excluding hydrogens is 460 g/mol. The quantitative estimate of drug-likeness (QED) is 0.510. The van der Waals surface area contributed by atoms with Crippen LogP contribution < -0.4 is 10.6 Å². The van der Waals surface area contributed by atoms with Crippen LogP contribution in [0.1, 0.15) is 15.9 Å². The Hall–Kier alpha value is -3.61. The van der Waals surface area contributed by atoms with E-state index >= 15 is 0 Å². The van der Waals surface area contributed by atoms with Gasteiger partial charge in [-0.25, -0.2) is 18.1 Å². The van der Waals surface area contributed by atoms with Crippen LogP contribution in [0.4, 0.5) is 5.69 Å². The minimum Gasteiger partial charge on any atom is -0.379 e. The summed E-state index contributed by atoms with van der Waals surface area (Å²) in [6.07, 6.45) is 2.99. The molecule has 2 heterocycles. The van der Waals surface area contributed by atoms with Crippen LogP contribution in [0.2, 0.25) is 0 Å². The first-order chi connectivity index (χ1) is 16.3. The van der Waals surface area contributed by atoms with Gasteiger partial charge >= 0.3 is 0 Å². The van der Waals surface area contributed by atoms with Gasteiger partial charge in [0.05, 0.1) is 30.3 Å². The Bertz CT molecular complexity index is 1270. The van der Waals surface area contributed by atoms with Crippen LogP contribution in [0.15, 0.2) is 60.0 Å². The number of rotatable bonds is 7. The van der Waals surface area contributed by atoms with Gasteiger partial charge in [-0.15, -0.1) is 0 Å². The van der Waals surface area contributed by atoms with Gasteiger partial charge < -0.3 is 15.4 Å². The maximum absolute atomic E-state index is 12.9. The van der Waals surface area contributed by atoms with Crippen molar-refractivity contribution in [3.8, 4) is 5.69 Å². The van der Waals surface area contributed by atoms with Gasteiger partial charge in [0.25, 0.3) is 5.91 Å². The Kier molecular flexibility index (Phi) is 7.01. The van der Waals surface area contributed by atoms with E-state index in [-0.39, 0.29) is 30.1 Å². The van der Waals surface area contributed by atoms with Crippen molar-refractivity contribution >= 4 is 27.5 Å². The lowest BCUT2D eigenvalue weighted by Gasteiger charge is -2.26. The summed E-state index contributed by atoms with van der Waals surface area (Å²) in [6.45, 7) is 2.61. The molecule has 1 aliphatic heterocycles. The lowest BCUT2D eigenvalue weighted by atomic mass is 10.1. The Labute approximate surface area is 196 Å². The zero-order valence-electron chi connectivity index (χ0n) is 18.5. The number of carbonyl (C=O) groups is 2. The molecule has 1 fully saturated rings. The SMILES string of the molecule is Cc1ccc(S(=O)(=O)N2CCOCC2)cc1C(=O)NCC(=O)Nc1ccc(-n2cncn2)cc1. The van der Waals surface area contributed by atoms with Crippen molar-refractivity contribution in [1.29, 1.82) is 0 Å². The Morgan fingerprint density at radius 3 is 2.50 bits per heavy atom. The van der Waals surface area contributed by atoms with Gasteiger partial charge in [-0.1, -0.05) is 6.07 Å². The van der Waals surface area contributed by atoms with Crippen LogP contribution in [0.3, 0.4) is 0 Å². The highest BCUT2D eigenvalue weighted by atomic mass is 32.2. The molecule has 2 amide bonds. The third-order valence-corrected chi connectivity index (χ3v) is 7.20. The molecule has 0 radical (unpaired) electrons. The summed E-state index contributed by atoms with van der Waals surface area (Å²) >= 11 is 0. The summed E-state index contributed by atoms with van der Waals surface area (Å²) in [4.78, 5) is 28.9. The molecule has 2 N–H and O–H groups in total. The van der Waals surface area contributed by atoms with E-state index in [1.54, 1.807) is 48.3 Å². The van der Waals surface area contributed by atoms with Gasteiger partial charge in [0.1, 0.15) is 12.7 Å². The molecule has 12 heteroatoms. The lowest BCUT2D eigenvalue weighted by Crippen LogP contribution is -2.40. The number of morpholine rings is 1. The van der Waals surface area contributed by atoms with Gasteiger partial charge in [-0.2, -0.15) is 9.40 Å². The van der Waals surface area contributed by atoms with Crippen LogP contribution in [0, 0.1) is 6.92 Å². The number of aromatic nitrogens is 3. The van der Waals surface area contributed by atoms with Crippen LogP contribution >= 0.6 is 0 Å². The smallest absolute Gasteiger partial charge is 0.252 e. The average Bonchev–Trinajstić information content (AvgIpc) is 3.39. The van der Waals surface area contributed by atoms with Gasteiger partial charge in [-0.3, -0.25) is 9.59 Å². The van der Waals surface area contributed by atoms with E-state index in [1.165, 1.54) is 22.8 Å². The molecule has 0 unspecified atom stereocenters. The fraction of sp³-hybridized carbons (Fsp3) is 0.273. The minimum absolute atomic E-state index is 0.0297. The molecule has 2 aromatic carbocycles. The highest BCUT2D eigenvalue weighted by Gasteiger charge is 2.27. The van der Waals surface area contributed by atoms with Crippen molar-refractivity contribution < 1.29 is 22.7 Å². The van der Waals surface area contributed by atoms with E-state index in [4.69, 9.17) is 4.74 Å². The molecule has 11 nitrogen and oxygen atoms in total. The van der Waals surface area contributed by atoms with Crippen LogP contribution in [0.5, 0.6) is 0 Å². The highest BCUT2D eigenvalue weighted by molar-refractivity contribution is 7.89. The molecule has 0 spiro atoms. The van der Waals surface area contributed by atoms with Crippen molar-refractivity contribution in [2.45, 2.75) is 11.8 Å². The summed E-state index contributed by atoms with van der Waals surface area (Å²) in [6, 6.07) is 11.4. The largest absolute Gasteiger partial charge is 0.379 e. The molecule has 0 bridgehead atoms. The Balaban J connectivity index is 1.37. The molecule has 34 heavy (non-hydrogen) atoms. The number of nitrogens with one attached hydrogen (secondary N) is 2. The normalized spacial score (nSPS) is 14.5. The van der Waals surface area contributed by atoms with E-state index in [2.05, 4.69) is 20.7 Å². The maximum atomic E-state index is 12.9. The number of ether oxygens (including phenoxy) is 1. The average molecular weight is 485 g/mol. The van der Waals surface area contributed by atoms with Crippen molar-refractivity contribution in [2.75, 3.05) is 38.2 Å². The maximum Gasteiger partial charge on any atom is 0.252 e. The van der Waals surface area contributed by atoms with E-state index in [1.807, 2.05) is 0 Å². The van der Waals surface area contributed by atoms with E-state index in [0.29, 0.717) is 24.5 Å². The zero-order chi connectivity index (χ0) is 24.1. The number of amides is 2. The van der Waals surface area contributed by atoms with Gasteiger partial charge in [-0.05, 0) is 48.9 Å². The zero-order valence-corrected chi connectivity index (χ0v) is 19.3. The van der Waals surface area contributed by atoms with E-state index in [9.17, 15) is 18.0 Å². The molecule has 1 aliphatic rings. The van der Waals surface area contributed by atoms with Gasteiger partial charge in [0.15, 0.2) is 0 Å². The van der Waals surface area contributed by atoms with E-state index in [0.717, 1.165) is 5.69 Å². The highest BCUT2D eigenvalue weighted by Crippen LogP contribution is 2.20.